The molecule has 24 N–H and O–H groups in total. The Bertz CT molecular complexity index is 2910. The Morgan fingerprint density at radius 1 is 0.570 bits per heavy atom. The molecule has 3 rings (SSSR count). The number of Topliss-reactive ketones (excluding diaryl/α,β-unsaturated/α-hetero) is 1. The summed E-state index contributed by atoms with van der Waals surface area (Å²) >= 11 is 5.63. The molecule has 1 fully saturated rings. The van der Waals surface area contributed by atoms with Crippen molar-refractivity contribution < 1.29 is 57.8 Å². The van der Waals surface area contributed by atoms with E-state index in [9.17, 15) is 57.8 Å². The topological polar surface area (TPSA) is 539 Å². The van der Waals surface area contributed by atoms with Crippen molar-refractivity contribution in [3.63, 3.8) is 0 Å². The van der Waals surface area contributed by atoms with E-state index in [-0.39, 0.29) is 132 Å². The van der Waals surface area contributed by atoms with Crippen LogP contribution in [0.2, 0.25) is 0 Å². The van der Waals surface area contributed by atoms with Crippen LogP contribution in [0.25, 0.3) is 0 Å². The van der Waals surface area contributed by atoms with Gasteiger partial charge in [0.15, 0.2) is 23.7 Å². The van der Waals surface area contributed by atoms with Crippen LogP contribution in [0, 0.1) is 11.8 Å². The van der Waals surface area contributed by atoms with E-state index >= 15 is 0 Å². The van der Waals surface area contributed by atoms with Crippen molar-refractivity contribution in [1.29, 1.82) is 0 Å². The van der Waals surface area contributed by atoms with Gasteiger partial charge in [-0.3, -0.25) is 67.7 Å². The average Bonchev–Trinajstić information content (AvgIpc) is 1.89. The van der Waals surface area contributed by atoms with Gasteiger partial charge in [-0.2, -0.15) is 0 Å². The number of amides is 10. The highest BCUT2D eigenvalue weighted by Gasteiger charge is 2.40. The van der Waals surface area contributed by atoms with Crippen LogP contribution in [0.1, 0.15) is 103 Å². The van der Waals surface area contributed by atoms with Gasteiger partial charge in [0.1, 0.15) is 48.0 Å². The summed E-state index contributed by atoms with van der Waals surface area (Å²) in [5, 5.41) is 33.2. The van der Waals surface area contributed by atoms with Crippen LogP contribution < -0.4 is 88.0 Å². The number of carbonyl (C=O) groups is 11. The number of aromatic hydroxyl groups is 1. The molecule has 33 heteroatoms. The molecule has 2 aromatic rings. The molecule has 93 heavy (non-hydrogen) atoms. The maximum atomic E-state index is 14.7. The van der Waals surface area contributed by atoms with E-state index in [2.05, 4.69) is 62.8 Å². The number of ketones is 1. The predicted molar refractivity (Wildman–Crippen MR) is 350 cm³/mol. The summed E-state index contributed by atoms with van der Waals surface area (Å²) in [5.41, 5.74) is 40.8. The van der Waals surface area contributed by atoms with Gasteiger partial charge in [0, 0.05) is 32.6 Å². The van der Waals surface area contributed by atoms with E-state index < -0.39 is 132 Å². The van der Waals surface area contributed by atoms with Gasteiger partial charge in [-0.1, -0.05) is 76.6 Å². The minimum Gasteiger partial charge on any atom is -0.508 e. The van der Waals surface area contributed by atoms with Gasteiger partial charge in [-0.25, -0.2) is 0 Å². The maximum Gasteiger partial charge on any atom is 0.245 e. The fraction of sp³-hybridized carbons (Fsp3) is 0.567. The number of nitrogens with two attached hydrogens (primary N) is 7. The van der Waals surface area contributed by atoms with Crippen LogP contribution in [-0.4, -0.2) is 193 Å². The van der Waals surface area contributed by atoms with Crippen molar-refractivity contribution in [2.45, 2.75) is 153 Å². The number of aliphatic imine (C=N–C) groups is 3. The quantitative estimate of drug-likeness (QED) is 0.0130. The van der Waals surface area contributed by atoms with E-state index in [1.54, 1.807) is 70.2 Å². The number of phenols is 1. The van der Waals surface area contributed by atoms with Gasteiger partial charge in [-0.05, 0) is 99.3 Å². The molecular weight excluding hydrogens is 1230 g/mol. The number of guanidine groups is 3. The Morgan fingerprint density at radius 2 is 1.06 bits per heavy atom. The summed E-state index contributed by atoms with van der Waals surface area (Å²) in [6.07, 6.45) is 1.31. The molecule has 0 radical (unpaired) electrons. The molecule has 0 aromatic heterocycles. The molecule has 1 saturated heterocycles. The minimum atomic E-state index is -1.42. The molecule has 1 aliphatic heterocycles. The van der Waals surface area contributed by atoms with Crippen molar-refractivity contribution in [1.82, 2.24) is 52.8 Å². The zero-order valence-electron chi connectivity index (χ0n) is 53.3. The van der Waals surface area contributed by atoms with E-state index in [4.69, 9.17) is 51.7 Å². The SMILES string of the molecule is CC[C@H](C)[C@H](NC(=O)[C@H](CCCN=C(N)N)NC(=O)[C@H](CCCN=C(N)N)NC(=O)[C@H](CC(C)C)NC(=O)[C@H](Cc1ccccc1)NC(=O)CNC(=O)CNC(=O)[C@@H](N)Cc1ccc(O)cc1)C(=O)N[C@@H](CCCN=C(N)N)C(=O)N1CCC[C@H]1C(=O)NCC(=O)CCl. The van der Waals surface area contributed by atoms with Gasteiger partial charge >= 0.3 is 0 Å². The van der Waals surface area contributed by atoms with Crippen LogP contribution in [0.15, 0.2) is 69.6 Å². The number of nitrogens with zero attached hydrogens (tertiary/aromatic N) is 4. The molecule has 0 unspecified atom stereocenters. The highest BCUT2D eigenvalue weighted by atomic mass is 35.5. The predicted octanol–water partition coefficient (Wildman–Crippen LogP) is -4.19. The van der Waals surface area contributed by atoms with Crippen LogP contribution >= 0.6 is 11.6 Å². The summed E-state index contributed by atoms with van der Waals surface area (Å²) in [6, 6.07) is 4.62. The zero-order chi connectivity index (χ0) is 69.2. The first kappa shape index (κ1) is 77.9. The van der Waals surface area contributed by atoms with Crippen LogP contribution in [0.4, 0.5) is 0 Å². The first-order valence-electron chi connectivity index (χ1n) is 30.9. The Labute approximate surface area is 546 Å². The fourth-order valence-electron chi connectivity index (χ4n) is 9.72. The lowest BCUT2D eigenvalue weighted by Gasteiger charge is -2.31. The van der Waals surface area contributed by atoms with Crippen molar-refractivity contribution in [2.24, 2.45) is 66.9 Å². The zero-order valence-corrected chi connectivity index (χ0v) is 54.0. The molecule has 10 amide bonds. The highest BCUT2D eigenvalue weighted by Crippen LogP contribution is 2.21. The van der Waals surface area contributed by atoms with Crippen molar-refractivity contribution in [2.75, 3.05) is 51.7 Å². The van der Waals surface area contributed by atoms with E-state index in [0.29, 0.717) is 24.0 Å². The van der Waals surface area contributed by atoms with Crippen molar-refractivity contribution in [3.05, 3.63) is 65.7 Å². The van der Waals surface area contributed by atoms with Gasteiger partial charge < -0.3 is 98.0 Å². The molecule has 0 spiro atoms. The van der Waals surface area contributed by atoms with Gasteiger partial charge in [0.2, 0.25) is 59.1 Å². The van der Waals surface area contributed by atoms with E-state index in [1.165, 1.54) is 17.0 Å². The highest BCUT2D eigenvalue weighted by molar-refractivity contribution is 6.28. The lowest BCUT2D eigenvalue weighted by Crippen LogP contribution is -2.61. The van der Waals surface area contributed by atoms with E-state index in [0.717, 1.165) is 0 Å². The Hall–Kier alpha value is -9.33. The molecule has 32 nitrogen and oxygen atoms in total. The second-order valence-corrected chi connectivity index (χ2v) is 23.2. The molecule has 0 aliphatic carbocycles. The normalized spacial score (nSPS) is 15.1. The number of benzene rings is 2. The van der Waals surface area contributed by atoms with Gasteiger partial charge in [0.05, 0.1) is 31.6 Å². The Kier molecular flexibility index (Phi) is 34.5. The summed E-state index contributed by atoms with van der Waals surface area (Å²) in [7, 11) is 0. The Balaban J connectivity index is 1.91. The summed E-state index contributed by atoms with van der Waals surface area (Å²) in [6.45, 7) is 5.79. The third-order valence-electron chi connectivity index (χ3n) is 14.8. The summed E-state index contributed by atoms with van der Waals surface area (Å²) < 4.78 is 0. The fourth-order valence-corrected chi connectivity index (χ4v) is 9.81. The number of nitrogens with one attached hydrogen (secondary N) is 9. The third-order valence-corrected chi connectivity index (χ3v) is 15.1. The molecule has 2 aromatic carbocycles. The lowest BCUT2D eigenvalue weighted by molar-refractivity contribution is -0.142. The first-order chi connectivity index (χ1) is 44.1. The average molecular weight is 1320 g/mol. The largest absolute Gasteiger partial charge is 0.508 e. The monoisotopic (exact) mass is 1320 g/mol. The molecule has 0 saturated carbocycles. The standard InChI is InChI=1S/C60H95ClN20O12/c1-5-35(4)49(56(92)78-43(17-11-25-71-60(67)68)57(93)81-26-12-18-46(81)55(91)73-31-39(83)30-61)80-52(88)42(16-10-24-70-59(65)66)76-51(87)41(15-9-23-69-58(63)64)77-53(89)44(27-34(2)3)79-54(90)45(29-36-13-7-6-8-14-36)75-48(85)33-72-47(84)32-74-50(86)40(62)28-37-19-21-38(82)22-20-37/h6-8,13-14,19-22,34-35,40-46,49,82H,5,9-12,15-18,23-33,62H2,1-4H3,(H,72,84)(H,73,91)(H,74,86)(H,75,85)(H,76,87)(H,77,89)(H,78,92)(H,79,90)(H,80,88)(H4,63,64,69)(H4,65,66,70)(H4,67,68,71)/t35-,40-,41-,42-,43-,44-,45-,46-,49-/m0/s1. The molecule has 0 bridgehead atoms. The second kappa shape index (κ2) is 41.2. The number of hydrogen-bond acceptors (Lipinski definition) is 16. The molecule has 514 valence electrons. The number of phenolic OH excluding ortho intramolecular Hbond substituents is 1. The summed E-state index contributed by atoms with van der Waals surface area (Å²) in [5.74, 6) is -9.75. The number of halogens is 1. The van der Waals surface area contributed by atoms with Gasteiger partial charge in [0.25, 0.3) is 0 Å². The van der Waals surface area contributed by atoms with Crippen LogP contribution in [0.3, 0.4) is 0 Å². The van der Waals surface area contributed by atoms with Crippen LogP contribution in [-0.2, 0) is 65.6 Å². The number of alkyl halides is 1. The first-order valence-corrected chi connectivity index (χ1v) is 31.4. The Morgan fingerprint density at radius 3 is 1.60 bits per heavy atom. The van der Waals surface area contributed by atoms with Crippen molar-refractivity contribution >= 4 is 94.3 Å². The molecule has 1 heterocycles. The van der Waals surface area contributed by atoms with Crippen molar-refractivity contribution in [3.8, 4) is 5.75 Å². The third kappa shape index (κ3) is 29.7. The van der Waals surface area contributed by atoms with E-state index in [1.807, 2.05) is 0 Å². The molecule has 9 atom stereocenters. The minimum absolute atomic E-state index is 0.00126. The van der Waals surface area contributed by atoms with Gasteiger partial charge in [-0.15, -0.1) is 11.6 Å². The lowest BCUT2D eigenvalue weighted by atomic mass is 9.96. The summed E-state index contributed by atoms with van der Waals surface area (Å²) in [4.78, 5) is 165. The number of rotatable bonds is 41. The second-order valence-electron chi connectivity index (χ2n) is 23.0. The smallest absolute Gasteiger partial charge is 0.245 e. The number of hydrogen-bond donors (Lipinski definition) is 17. The molecular formula is C60H95ClN20O12. The number of carbonyl (C=O) groups excluding carboxylic acids is 11. The molecule has 1 aliphatic rings. The van der Waals surface area contributed by atoms with Crippen LogP contribution in [0.5, 0.6) is 5.75 Å². The maximum absolute atomic E-state index is 14.7. The number of likely N-dealkylation sites (tertiary alicyclic amines) is 1.